The van der Waals surface area contributed by atoms with Gasteiger partial charge in [0, 0.05) is 10.4 Å². The number of benzene rings is 1. The minimum atomic E-state index is 0.249. The highest BCUT2D eigenvalue weighted by molar-refractivity contribution is 7.80. The minimum absolute atomic E-state index is 0.249. The molecule has 2 heterocycles. The molecule has 0 aliphatic heterocycles. The van der Waals surface area contributed by atoms with E-state index in [1.165, 1.54) is 10.1 Å². The molecule has 94 valence electrons. The van der Waals surface area contributed by atoms with Crippen LogP contribution < -0.4 is 11.1 Å². The van der Waals surface area contributed by atoms with Crippen LogP contribution in [0.2, 0.25) is 0 Å². The number of fused-ring (bicyclic) bond motifs is 1. The van der Waals surface area contributed by atoms with Crippen molar-refractivity contribution < 1.29 is 0 Å². The summed E-state index contributed by atoms with van der Waals surface area (Å²) >= 11 is 6.56. The number of anilines is 2. The van der Waals surface area contributed by atoms with E-state index in [4.69, 9.17) is 18.0 Å². The fraction of sp³-hybridized carbons (Fsp3) is 0. The summed E-state index contributed by atoms with van der Waals surface area (Å²) in [5.74, 6) is 0.662. The Labute approximate surface area is 119 Å². The number of nitrogens with one attached hydrogen (secondary N) is 1. The molecule has 0 atom stereocenters. The van der Waals surface area contributed by atoms with Gasteiger partial charge in [0.2, 0.25) is 0 Å². The van der Waals surface area contributed by atoms with Crippen LogP contribution in [0.3, 0.4) is 0 Å². The molecule has 3 N–H and O–H groups in total. The first kappa shape index (κ1) is 12.0. The quantitative estimate of drug-likeness (QED) is 0.724. The molecular formula is C13H10N4S2. The summed E-state index contributed by atoms with van der Waals surface area (Å²) in [6, 6.07) is 8.27. The molecule has 0 fully saturated rings. The first-order valence-corrected chi connectivity index (χ1v) is 6.87. The zero-order valence-corrected chi connectivity index (χ0v) is 11.5. The maximum atomic E-state index is 5.48. The van der Waals surface area contributed by atoms with Crippen LogP contribution >= 0.6 is 23.6 Å². The van der Waals surface area contributed by atoms with Crippen LogP contribution in [-0.4, -0.2) is 15.0 Å². The number of rotatable bonds is 3. The molecule has 3 rings (SSSR count). The van der Waals surface area contributed by atoms with Crippen molar-refractivity contribution in [3.05, 3.63) is 47.7 Å². The summed E-state index contributed by atoms with van der Waals surface area (Å²) < 4.78 is 1.26. The number of thiophene rings is 1. The van der Waals surface area contributed by atoms with E-state index >= 15 is 0 Å². The zero-order chi connectivity index (χ0) is 13.2. The maximum absolute atomic E-state index is 5.48. The molecule has 0 saturated carbocycles. The summed E-state index contributed by atoms with van der Waals surface area (Å²) in [6.45, 7) is 0. The smallest absolute Gasteiger partial charge is 0.148 e. The molecule has 3 aromatic rings. The van der Waals surface area contributed by atoms with Crippen molar-refractivity contribution in [2.75, 3.05) is 5.32 Å². The molecule has 0 radical (unpaired) electrons. The first-order chi connectivity index (χ1) is 9.22. The number of aromatic nitrogens is 2. The highest BCUT2D eigenvalue weighted by Crippen LogP contribution is 2.25. The third kappa shape index (κ3) is 2.54. The van der Waals surface area contributed by atoms with E-state index in [0.29, 0.717) is 11.5 Å². The van der Waals surface area contributed by atoms with Gasteiger partial charge in [0.05, 0.1) is 12.4 Å². The van der Waals surface area contributed by atoms with E-state index in [1.807, 2.05) is 6.07 Å². The Morgan fingerprint density at radius 3 is 2.84 bits per heavy atom. The van der Waals surface area contributed by atoms with E-state index < -0.39 is 0 Å². The zero-order valence-electron chi connectivity index (χ0n) is 9.83. The van der Waals surface area contributed by atoms with Gasteiger partial charge in [0.1, 0.15) is 16.5 Å². The summed E-state index contributed by atoms with van der Waals surface area (Å²) in [4.78, 5) is 8.61. The van der Waals surface area contributed by atoms with E-state index in [2.05, 4.69) is 38.9 Å². The lowest BCUT2D eigenvalue weighted by Crippen LogP contribution is -2.12. The second-order valence-electron chi connectivity index (χ2n) is 3.95. The molecule has 0 aliphatic rings. The van der Waals surface area contributed by atoms with E-state index in [1.54, 1.807) is 23.7 Å². The average molecular weight is 286 g/mol. The number of nitrogens with zero attached hydrogens (tertiary/aromatic N) is 2. The van der Waals surface area contributed by atoms with Crippen LogP contribution in [0, 0.1) is 0 Å². The Morgan fingerprint density at radius 1 is 1.21 bits per heavy atom. The van der Waals surface area contributed by atoms with Gasteiger partial charge < -0.3 is 11.1 Å². The number of thiocarbonyl (C=S) groups is 1. The van der Waals surface area contributed by atoms with Gasteiger partial charge in [-0.05, 0) is 35.0 Å². The van der Waals surface area contributed by atoms with Crippen molar-refractivity contribution in [3.8, 4) is 0 Å². The molecule has 0 aliphatic carbocycles. The fourth-order valence-electron chi connectivity index (χ4n) is 1.71. The predicted octanol–water partition coefficient (Wildman–Crippen LogP) is 3.07. The lowest BCUT2D eigenvalue weighted by atomic mass is 10.2. The van der Waals surface area contributed by atoms with Crippen molar-refractivity contribution in [2.45, 2.75) is 0 Å². The molecule has 0 bridgehead atoms. The fourth-order valence-corrected chi connectivity index (χ4v) is 2.59. The van der Waals surface area contributed by atoms with Gasteiger partial charge >= 0.3 is 0 Å². The van der Waals surface area contributed by atoms with E-state index in [9.17, 15) is 0 Å². The number of nitrogens with two attached hydrogens (primary N) is 1. The van der Waals surface area contributed by atoms with Gasteiger partial charge in [-0.2, -0.15) is 0 Å². The Hall–Kier alpha value is -2.05. The highest BCUT2D eigenvalue weighted by atomic mass is 32.1. The van der Waals surface area contributed by atoms with Gasteiger partial charge in [0.15, 0.2) is 0 Å². The van der Waals surface area contributed by atoms with Crippen molar-refractivity contribution in [1.29, 1.82) is 0 Å². The number of hydrogen-bond donors (Lipinski definition) is 2. The molecule has 0 spiro atoms. The summed E-state index contributed by atoms with van der Waals surface area (Å²) in [5, 5.41) is 6.48. The second kappa shape index (κ2) is 4.91. The lowest BCUT2D eigenvalue weighted by Gasteiger charge is -2.05. The average Bonchev–Trinajstić information content (AvgIpc) is 2.87. The molecule has 1 aromatic carbocycles. The molecule has 0 saturated heterocycles. The Balaban J connectivity index is 1.85. The Kier molecular flexibility index (Phi) is 3.10. The topological polar surface area (TPSA) is 63.8 Å². The van der Waals surface area contributed by atoms with Crippen molar-refractivity contribution in [3.63, 3.8) is 0 Å². The SMILES string of the molecule is NC(=S)c1cnc(Nc2ccc3sccc3c2)cn1. The second-order valence-corrected chi connectivity index (χ2v) is 5.34. The Bertz CT molecular complexity index is 734. The van der Waals surface area contributed by atoms with Crippen molar-refractivity contribution in [2.24, 2.45) is 5.73 Å². The minimum Gasteiger partial charge on any atom is -0.388 e. The Morgan fingerprint density at radius 2 is 2.11 bits per heavy atom. The molecule has 4 nitrogen and oxygen atoms in total. The van der Waals surface area contributed by atoms with Crippen LogP contribution in [0.25, 0.3) is 10.1 Å². The standard InChI is InChI=1S/C13H10N4S2/c14-13(18)10-6-16-12(7-15-10)17-9-1-2-11-8(5-9)3-4-19-11/h1-7H,(H2,14,18)(H,16,17). The van der Waals surface area contributed by atoms with Gasteiger partial charge in [-0.1, -0.05) is 12.2 Å². The van der Waals surface area contributed by atoms with Crippen LogP contribution in [0.15, 0.2) is 42.0 Å². The molecule has 6 heteroatoms. The summed E-state index contributed by atoms with van der Waals surface area (Å²) in [7, 11) is 0. The third-order valence-electron chi connectivity index (χ3n) is 2.63. The van der Waals surface area contributed by atoms with E-state index in [0.717, 1.165) is 5.69 Å². The van der Waals surface area contributed by atoms with Gasteiger partial charge in [-0.25, -0.2) is 9.97 Å². The molecule has 19 heavy (non-hydrogen) atoms. The molecule has 2 aromatic heterocycles. The highest BCUT2D eigenvalue weighted by Gasteiger charge is 2.02. The first-order valence-electron chi connectivity index (χ1n) is 5.58. The predicted molar refractivity (Wildman–Crippen MR) is 83.0 cm³/mol. The normalized spacial score (nSPS) is 10.5. The van der Waals surface area contributed by atoms with Gasteiger partial charge in [0.25, 0.3) is 0 Å². The van der Waals surface area contributed by atoms with Crippen molar-refractivity contribution in [1.82, 2.24) is 9.97 Å². The van der Waals surface area contributed by atoms with Crippen LogP contribution in [-0.2, 0) is 0 Å². The number of hydrogen-bond acceptors (Lipinski definition) is 5. The maximum Gasteiger partial charge on any atom is 0.148 e. The van der Waals surface area contributed by atoms with Crippen LogP contribution in [0.5, 0.6) is 0 Å². The van der Waals surface area contributed by atoms with Gasteiger partial charge in [-0.3, -0.25) is 0 Å². The van der Waals surface area contributed by atoms with Crippen molar-refractivity contribution >= 4 is 50.1 Å². The largest absolute Gasteiger partial charge is 0.388 e. The molecular weight excluding hydrogens is 276 g/mol. The van der Waals surface area contributed by atoms with Crippen LogP contribution in [0.1, 0.15) is 5.69 Å². The molecule has 0 unspecified atom stereocenters. The third-order valence-corrected chi connectivity index (χ3v) is 3.74. The summed E-state index contributed by atoms with van der Waals surface area (Å²) in [6.07, 6.45) is 3.18. The van der Waals surface area contributed by atoms with Crippen LogP contribution in [0.4, 0.5) is 11.5 Å². The molecule has 0 amide bonds. The monoisotopic (exact) mass is 286 g/mol. The lowest BCUT2D eigenvalue weighted by molar-refractivity contribution is 1.18. The summed E-state index contributed by atoms with van der Waals surface area (Å²) in [5.41, 5.74) is 6.97. The van der Waals surface area contributed by atoms with E-state index in [-0.39, 0.29) is 4.99 Å². The van der Waals surface area contributed by atoms with Gasteiger partial charge in [-0.15, -0.1) is 11.3 Å².